The number of nitrogens with zero attached hydrogens (tertiary/aromatic N) is 2. The normalized spacial score (nSPS) is 12.9. The quantitative estimate of drug-likeness (QED) is 0.163. The van der Waals surface area contributed by atoms with Gasteiger partial charge in [0.05, 0.1) is 22.1 Å². The molecule has 0 bridgehead atoms. The van der Waals surface area contributed by atoms with Crippen molar-refractivity contribution < 1.29 is 0 Å². The van der Waals surface area contributed by atoms with Gasteiger partial charge >= 0.3 is 0 Å². The van der Waals surface area contributed by atoms with Crippen molar-refractivity contribution in [2.75, 3.05) is 4.90 Å². The van der Waals surface area contributed by atoms with Crippen LogP contribution in [-0.2, 0) is 5.41 Å². The van der Waals surface area contributed by atoms with Gasteiger partial charge in [0.2, 0.25) is 0 Å². The van der Waals surface area contributed by atoms with Crippen molar-refractivity contribution in [1.29, 1.82) is 0 Å². The molecule has 0 saturated carbocycles. The van der Waals surface area contributed by atoms with Crippen LogP contribution in [0.15, 0.2) is 243 Å². The predicted molar refractivity (Wildman–Crippen MR) is 263 cm³/mol. The fourth-order valence-electron chi connectivity index (χ4n) is 11.1. The highest BCUT2D eigenvalue weighted by atomic mass is 15.1. The molecule has 63 heavy (non-hydrogen) atoms. The van der Waals surface area contributed by atoms with Gasteiger partial charge in [-0.15, -0.1) is 0 Å². The SMILES string of the molecule is c1ccc(-c2ccc(N(c3ccc(-n4c5ccccc5c5ccccc54)cc3)c3ccccc3-c3cccc4c3-c3ccccc3C43c4ccccc4-c4ccccc43)cc2)cc1. The molecule has 1 heterocycles. The third-order valence-corrected chi connectivity index (χ3v) is 13.6. The summed E-state index contributed by atoms with van der Waals surface area (Å²) >= 11 is 0. The summed E-state index contributed by atoms with van der Waals surface area (Å²) < 4.78 is 2.39. The number of benzene rings is 10. The van der Waals surface area contributed by atoms with E-state index >= 15 is 0 Å². The van der Waals surface area contributed by atoms with Crippen molar-refractivity contribution in [3.63, 3.8) is 0 Å². The summed E-state index contributed by atoms with van der Waals surface area (Å²) in [7, 11) is 0. The van der Waals surface area contributed by atoms with E-state index in [1.807, 2.05) is 0 Å². The zero-order valence-electron chi connectivity index (χ0n) is 34.5. The molecule has 0 fully saturated rings. The van der Waals surface area contributed by atoms with Gasteiger partial charge in [-0.05, 0) is 116 Å². The largest absolute Gasteiger partial charge is 0.310 e. The lowest BCUT2D eigenvalue weighted by Gasteiger charge is -2.31. The third-order valence-electron chi connectivity index (χ3n) is 13.6. The lowest BCUT2D eigenvalue weighted by atomic mass is 9.70. The summed E-state index contributed by atoms with van der Waals surface area (Å²) in [5.74, 6) is 0. The first-order chi connectivity index (χ1) is 31.3. The molecule has 2 aliphatic carbocycles. The predicted octanol–water partition coefficient (Wildman–Crippen LogP) is 15.9. The second-order valence-electron chi connectivity index (χ2n) is 16.8. The van der Waals surface area contributed by atoms with Crippen LogP contribution < -0.4 is 4.90 Å². The molecule has 11 aromatic rings. The van der Waals surface area contributed by atoms with Gasteiger partial charge in [-0.2, -0.15) is 0 Å². The monoisotopic (exact) mass is 800 g/mol. The Morgan fingerprint density at radius 1 is 0.302 bits per heavy atom. The van der Waals surface area contributed by atoms with Crippen LogP contribution in [-0.4, -0.2) is 4.57 Å². The molecule has 0 unspecified atom stereocenters. The zero-order valence-corrected chi connectivity index (χ0v) is 34.5. The van der Waals surface area contributed by atoms with Crippen molar-refractivity contribution >= 4 is 38.9 Å². The van der Waals surface area contributed by atoms with E-state index in [1.54, 1.807) is 0 Å². The summed E-state index contributed by atoms with van der Waals surface area (Å²) in [5.41, 5.74) is 21.8. The fraction of sp³-hybridized carbons (Fsp3) is 0.0164. The van der Waals surface area contributed by atoms with E-state index in [0.29, 0.717) is 0 Å². The lowest BCUT2D eigenvalue weighted by molar-refractivity contribution is 0.794. The van der Waals surface area contributed by atoms with E-state index in [4.69, 9.17) is 0 Å². The van der Waals surface area contributed by atoms with Crippen LogP contribution in [0, 0.1) is 0 Å². The molecule has 294 valence electrons. The molecular formula is C61H40N2. The number of rotatable bonds is 6. The Morgan fingerprint density at radius 3 is 1.38 bits per heavy atom. The number of aromatic nitrogens is 1. The number of hydrogen-bond donors (Lipinski definition) is 0. The first-order valence-electron chi connectivity index (χ1n) is 21.9. The molecule has 0 aliphatic heterocycles. The van der Waals surface area contributed by atoms with Gasteiger partial charge in [0.25, 0.3) is 0 Å². The summed E-state index contributed by atoms with van der Waals surface area (Å²) in [4.78, 5) is 2.44. The van der Waals surface area contributed by atoms with Gasteiger partial charge in [-0.1, -0.05) is 188 Å². The third kappa shape index (κ3) is 5.13. The van der Waals surface area contributed by atoms with E-state index < -0.39 is 5.41 Å². The van der Waals surface area contributed by atoms with Crippen LogP contribution in [0.1, 0.15) is 22.3 Å². The molecular weight excluding hydrogens is 761 g/mol. The fourth-order valence-corrected chi connectivity index (χ4v) is 11.1. The Labute approximate surface area is 367 Å². The topological polar surface area (TPSA) is 8.17 Å². The molecule has 10 aromatic carbocycles. The second kappa shape index (κ2) is 13.9. The van der Waals surface area contributed by atoms with Gasteiger partial charge in [0.1, 0.15) is 0 Å². The highest BCUT2D eigenvalue weighted by Crippen LogP contribution is 2.64. The maximum Gasteiger partial charge on any atom is 0.0725 e. The Balaban J connectivity index is 1.02. The highest BCUT2D eigenvalue weighted by molar-refractivity contribution is 6.09. The first kappa shape index (κ1) is 35.5. The molecule has 0 radical (unpaired) electrons. The standard InChI is InChI=1S/C61H40N2/c1-2-17-41(18-3-1)42-33-35-43(36-34-42)62(44-37-39-45(40-38-44)63-58-31-14-7-21-48(58)49-22-8-15-32-59(49)63)57-30-13-9-23-50(57)51-25-16-29-56-60(51)52-24-6-12-28-55(52)61(56)53-26-10-4-19-46(53)47-20-5-11-27-54(47)61/h1-40H. The molecule has 1 spiro atoms. The van der Waals surface area contributed by atoms with Crippen LogP contribution in [0.2, 0.25) is 0 Å². The van der Waals surface area contributed by atoms with E-state index in [9.17, 15) is 0 Å². The maximum atomic E-state index is 2.44. The molecule has 1 aromatic heterocycles. The average Bonchev–Trinajstić information content (AvgIpc) is 3.97. The van der Waals surface area contributed by atoms with Gasteiger partial charge in [0, 0.05) is 33.4 Å². The van der Waals surface area contributed by atoms with Gasteiger partial charge in [-0.25, -0.2) is 0 Å². The minimum absolute atomic E-state index is 0.417. The second-order valence-corrected chi connectivity index (χ2v) is 16.8. The summed E-state index contributed by atoms with van der Waals surface area (Å²) in [6.07, 6.45) is 0. The zero-order chi connectivity index (χ0) is 41.5. The van der Waals surface area contributed by atoms with Crippen LogP contribution in [0.5, 0.6) is 0 Å². The van der Waals surface area contributed by atoms with Crippen LogP contribution in [0.4, 0.5) is 17.1 Å². The molecule has 2 nitrogen and oxygen atoms in total. The van der Waals surface area contributed by atoms with Crippen LogP contribution in [0.25, 0.3) is 72.0 Å². The Kier molecular flexibility index (Phi) is 7.85. The van der Waals surface area contributed by atoms with Crippen molar-refractivity contribution in [2.45, 2.75) is 5.41 Å². The van der Waals surface area contributed by atoms with Gasteiger partial charge in [0.15, 0.2) is 0 Å². The van der Waals surface area contributed by atoms with E-state index in [1.165, 1.54) is 88.6 Å². The molecule has 2 heteroatoms. The summed E-state index contributed by atoms with van der Waals surface area (Å²) in [5, 5.41) is 2.52. The molecule has 0 saturated heterocycles. The van der Waals surface area contributed by atoms with Gasteiger partial charge < -0.3 is 9.47 Å². The summed E-state index contributed by atoms with van der Waals surface area (Å²) in [6, 6.07) is 89.4. The average molecular weight is 801 g/mol. The Bertz CT molecular complexity index is 3460. The number of fused-ring (bicyclic) bond motifs is 13. The molecule has 0 amide bonds. The van der Waals surface area contributed by atoms with E-state index in [-0.39, 0.29) is 0 Å². The summed E-state index contributed by atoms with van der Waals surface area (Å²) in [6.45, 7) is 0. The molecule has 0 atom stereocenters. The molecule has 0 N–H and O–H groups in total. The number of anilines is 3. The minimum Gasteiger partial charge on any atom is -0.310 e. The van der Waals surface area contributed by atoms with Crippen LogP contribution >= 0.6 is 0 Å². The van der Waals surface area contributed by atoms with Crippen molar-refractivity contribution in [3.05, 3.63) is 265 Å². The van der Waals surface area contributed by atoms with E-state index in [0.717, 1.165) is 22.7 Å². The first-order valence-corrected chi connectivity index (χ1v) is 21.9. The highest BCUT2D eigenvalue weighted by Gasteiger charge is 2.52. The van der Waals surface area contributed by atoms with Crippen LogP contribution in [0.3, 0.4) is 0 Å². The van der Waals surface area contributed by atoms with Crippen molar-refractivity contribution in [1.82, 2.24) is 4.57 Å². The number of para-hydroxylation sites is 3. The Morgan fingerprint density at radius 2 is 0.746 bits per heavy atom. The molecule has 2 aliphatic rings. The van der Waals surface area contributed by atoms with E-state index in [2.05, 4.69) is 252 Å². The smallest absolute Gasteiger partial charge is 0.0725 e. The number of hydrogen-bond acceptors (Lipinski definition) is 1. The van der Waals surface area contributed by atoms with Gasteiger partial charge in [-0.3, -0.25) is 0 Å². The van der Waals surface area contributed by atoms with Crippen molar-refractivity contribution in [2.24, 2.45) is 0 Å². The minimum atomic E-state index is -0.417. The maximum absolute atomic E-state index is 2.44. The lowest BCUT2D eigenvalue weighted by Crippen LogP contribution is -2.25. The Hall–Kier alpha value is -8.20. The van der Waals surface area contributed by atoms with Crippen molar-refractivity contribution in [3.8, 4) is 50.2 Å². The molecule has 13 rings (SSSR count).